The van der Waals surface area contributed by atoms with Gasteiger partial charge in [0.2, 0.25) is 5.91 Å². The van der Waals surface area contributed by atoms with Gasteiger partial charge in [0.15, 0.2) is 5.16 Å². The lowest BCUT2D eigenvalue weighted by molar-refractivity contribution is -0.119. The Morgan fingerprint density at radius 2 is 1.92 bits per heavy atom. The van der Waals surface area contributed by atoms with E-state index < -0.39 is 17.2 Å². The van der Waals surface area contributed by atoms with Crippen molar-refractivity contribution < 1.29 is 9.59 Å². The Bertz CT molecular complexity index is 863. The van der Waals surface area contributed by atoms with Gasteiger partial charge in [-0.1, -0.05) is 37.7 Å². The molecular weight excluding hydrogens is 352 g/mol. The predicted molar refractivity (Wildman–Crippen MR) is 103 cm³/mol. The van der Waals surface area contributed by atoms with E-state index in [0.29, 0.717) is 29.1 Å². The van der Waals surface area contributed by atoms with Gasteiger partial charge < -0.3 is 5.32 Å². The molecule has 0 aliphatic carbocycles. The number of carbonyl (C=O) groups is 2. The number of imide groups is 1. The molecule has 140 valence electrons. The molecule has 26 heavy (non-hydrogen) atoms. The highest BCUT2D eigenvalue weighted by molar-refractivity contribution is 8.00. The van der Waals surface area contributed by atoms with Crippen LogP contribution in [0.4, 0.5) is 4.79 Å². The first kappa shape index (κ1) is 20.0. The maximum Gasteiger partial charge on any atom is 0.321 e. The second-order valence-corrected chi connectivity index (χ2v) is 7.64. The third kappa shape index (κ3) is 4.85. The van der Waals surface area contributed by atoms with Gasteiger partial charge in [0.25, 0.3) is 5.56 Å². The van der Waals surface area contributed by atoms with E-state index in [4.69, 9.17) is 0 Å². The van der Waals surface area contributed by atoms with Crippen molar-refractivity contribution in [1.29, 1.82) is 0 Å². The van der Waals surface area contributed by atoms with Gasteiger partial charge in [-0.05, 0) is 31.9 Å². The lowest BCUT2D eigenvalue weighted by Gasteiger charge is -2.17. The van der Waals surface area contributed by atoms with Gasteiger partial charge in [0, 0.05) is 13.1 Å². The molecular formula is C18H24N4O3S. The number of nitrogens with zero attached hydrogens (tertiary/aromatic N) is 2. The molecule has 8 heteroatoms. The number of urea groups is 1. The fraction of sp³-hybridized carbons (Fsp3) is 0.444. The van der Waals surface area contributed by atoms with Crippen molar-refractivity contribution in [2.24, 2.45) is 5.92 Å². The van der Waals surface area contributed by atoms with Crippen LogP contribution in [-0.4, -0.2) is 33.3 Å². The highest BCUT2D eigenvalue weighted by Crippen LogP contribution is 2.23. The first-order valence-corrected chi connectivity index (χ1v) is 9.46. The lowest BCUT2D eigenvalue weighted by Crippen LogP contribution is -2.42. The van der Waals surface area contributed by atoms with Crippen LogP contribution in [0.25, 0.3) is 10.9 Å². The highest BCUT2D eigenvalue weighted by atomic mass is 32.2. The normalized spacial score (nSPS) is 12.2. The summed E-state index contributed by atoms with van der Waals surface area (Å²) in [6.45, 7) is 8.42. The number of fused-ring (bicyclic) bond motifs is 1. The first-order chi connectivity index (χ1) is 12.3. The van der Waals surface area contributed by atoms with Gasteiger partial charge in [-0.2, -0.15) is 0 Å². The number of hydrogen-bond acceptors (Lipinski definition) is 5. The Balaban J connectivity index is 2.33. The van der Waals surface area contributed by atoms with E-state index in [1.165, 1.54) is 11.8 Å². The van der Waals surface area contributed by atoms with Crippen molar-refractivity contribution >= 4 is 34.6 Å². The van der Waals surface area contributed by atoms with E-state index in [9.17, 15) is 14.4 Å². The topological polar surface area (TPSA) is 93.1 Å². The molecule has 1 unspecified atom stereocenters. The number of amides is 3. The molecule has 1 aromatic heterocycles. The van der Waals surface area contributed by atoms with Crippen molar-refractivity contribution in [3.05, 3.63) is 34.6 Å². The van der Waals surface area contributed by atoms with E-state index in [1.807, 2.05) is 19.9 Å². The molecule has 3 amide bonds. The summed E-state index contributed by atoms with van der Waals surface area (Å²) in [6, 6.07) is 6.62. The van der Waals surface area contributed by atoms with Crippen molar-refractivity contribution in [2.45, 2.75) is 44.6 Å². The van der Waals surface area contributed by atoms with Crippen LogP contribution >= 0.6 is 11.8 Å². The van der Waals surface area contributed by atoms with Crippen LogP contribution in [0.15, 0.2) is 34.2 Å². The molecule has 0 spiro atoms. The Labute approximate surface area is 156 Å². The summed E-state index contributed by atoms with van der Waals surface area (Å²) in [4.78, 5) is 41.2. The third-order valence-electron chi connectivity index (χ3n) is 3.60. The zero-order valence-corrected chi connectivity index (χ0v) is 16.2. The van der Waals surface area contributed by atoms with Gasteiger partial charge in [0.05, 0.1) is 16.2 Å². The van der Waals surface area contributed by atoms with Crippen molar-refractivity contribution in [3.63, 3.8) is 0 Å². The van der Waals surface area contributed by atoms with Crippen LogP contribution in [0.1, 0.15) is 27.7 Å². The van der Waals surface area contributed by atoms with E-state index in [0.717, 1.165) is 0 Å². The zero-order valence-electron chi connectivity index (χ0n) is 15.4. The average Bonchev–Trinajstić information content (AvgIpc) is 2.58. The molecule has 0 saturated carbocycles. The number of thioether (sulfide) groups is 1. The fourth-order valence-electron chi connectivity index (χ4n) is 2.39. The zero-order chi connectivity index (χ0) is 19.3. The van der Waals surface area contributed by atoms with Crippen LogP contribution in [0.3, 0.4) is 0 Å². The second-order valence-electron chi connectivity index (χ2n) is 6.33. The molecule has 2 rings (SSSR count). The van der Waals surface area contributed by atoms with E-state index in [2.05, 4.69) is 15.6 Å². The van der Waals surface area contributed by atoms with Gasteiger partial charge in [-0.15, -0.1) is 0 Å². The summed E-state index contributed by atoms with van der Waals surface area (Å²) >= 11 is 1.17. The molecule has 7 nitrogen and oxygen atoms in total. The number of para-hydroxylation sites is 1. The number of hydrogen-bond donors (Lipinski definition) is 2. The van der Waals surface area contributed by atoms with E-state index >= 15 is 0 Å². The van der Waals surface area contributed by atoms with Crippen LogP contribution in [-0.2, 0) is 11.3 Å². The third-order valence-corrected chi connectivity index (χ3v) is 4.69. The van der Waals surface area contributed by atoms with Crippen molar-refractivity contribution in [1.82, 2.24) is 20.2 Å². The highest BCUT2D eigenvalue weighted by Gasteiger charge is 2.21. The molecule has 0 fully saturated rings. The summed E-state index contributed by atoms with van der Waals surface area (Å²) in [6.07, 6.45) is 0. The molecule has 1 atom stereocenters. The van der Waals surface area contributed by atoms with Crippen molar-refractivity contribution in [2.75, 3.05) is 6.54 Å². The van der Waals surface area contributed by atoms with Crippen LogP contribution in [0.2, 0.25) is 0 Å². The maximum atomic E-state index is 12.8. The summed E-state index contributed by atoms with van der Waals surface area (Å²) in [5, 5.41) is 5.25. The minimum atomic E-state index is -0.580. The van der Waals surface area contributed by atoms with Gasteiger partial charge in [-0.3, -0.25) is 19.5 Å². The summed E-state index contributed by atoms with van der Waals surface area (Å²) in [5.41, 5.74) is 0.472. The van der Waals surface area contributed by atoms with Gasteiger partial charge in [0.1, 0.15) is 0 Å². The Morgan fingerprint density at radius 3 is 2.58 bits per heavy atom. The number of carbonyl (C=O) groups excluding carboxylic acids is 2. The SMILES string of the molecule is CCNC(=O)NC(=O)C(C)Sc1nc2ccccc2c(=O)n1CC(C)C. The predicted octanol–water partition coefficient (Wildman–Crippen LogP) is 2.38. The minimum absolute atomic E-state index is 0.122. The van der Waals surface area contributed by atoms with Crippen molar-refractivity contribution in [3.8, 4) is 0 Å². The van der Waals surface area contributed by atoms with E-state index in [-0.39, 0.29) is 11.5 Å². The quantitative estimate of drug-likeness (QED) is 0.596. The Kier molecular flexibility index (Phi) is 6.79. The molecule has 1 heterocycles. The monoisotopic (exact) mass is 376 g/mol. The fourth-order valence-corrected chi connectivity index (χ4v) is 3.31. The summed E-state index contributed by atoms with van der Waals surface area (Å²) in [5.74, 6) is -0.186. The van der Waals surface area contributed by atoms with Crippen LogP contribution in [0.5, 0.6) is 0 Å². The van der Waals surface area contributed by atoms with Crippen LogP contribution in [0, 0.1) is 5.92 Å². The lowest BCUT2D eigenvalue weighted by atomic mass is 10.2. The largest absolute Gasteiger partial charge is 0.338 e. The minimum Gasteiger partial charge on any atom is -0.338 e. The number of benzene rings is 1. The second kappa shape index (κ2) is 8.84. The molecule has 0 radical (unpaired) electrons. The average molecular weight is 376 g/mol. The summed E-state index contributed by atoms with van der Waals surface area (Å²) < 4.78 is 1.60. The van der Waals surface area contributed by atoms with Crippen LogP contribution < -0.4 is 16.2 Å². The Hall–Kier alpha value is -2.35. The number of rotatable bonds is 6. The number of aromatic nitrogens is 2. The molecule has 0 aliphatic rings. The molecule has 1 aromatic carbocycles. The smallest absolute Gasteiger partial charge is 0.321 e. The van der Waals surface area contributed by atoms with Gasteiger partial charge >= 0.3 is 6.03 Å². The standard InChI is InChI=1S/C18H24N4O3S/c1-5-19-17(25)21-15(23)12(4)26-18-20-14-9-7-6-8-13(14)16(24)22(18)10-11(2)3/h6-9,11-12H,5,10H2,1-4H3,(H2,19,21,23,25). The molecule has 0 aliphatic heterocycles. The Morgan fingerprint density at radius 1 is 1.23 bits per heavy atom. The molecule has 0 bridgehead atoms. The number of nitrogens with one attached hydrogen (secondary N) is 2. The summed E-state index contributed by atoms with van der Waals surface area (Å²) in [7, 11) is 0. The molecule has 0 saturated heterocycles. The molecule has 2 aromatic rings. The maximum absolute atomic E-state index is 12.8. The van der Waals surface area contributed by atoms with Gasteiger partial charge in [-0.25, -0.2) is 9.78 Å². The first-order valence-electron chi connectivity index (χ1n) is 8.58. The van der Waals surface area contributed by atoms with E-state index in [1.54, 1.807) is 36.6 Å². The molecule has 2 N–H and O–H groups in total.